The Kier molecular flexibility index (Phi) is 26.3. The maximum Gasteiger partial charge on any atom is 0.252 e. The van der Waals surface area contributed by atoms with Crippen molar-refractivity contribution >= 4 is 87.8 Å². The summed E-state index contributed by atoms with van der Waals surface area (Å²) in [6, 6.07) is 8.52. The van der Waals surface area contributed by atoms with E-state index in [1.807, 2.05) is 13.8 Å². The number of ketones is 6. The van der Waals surface area contributed by atoms with Gasteiger partial charge in [0, 0.05) is 150 Å². The SMILES string of the molecule is COc1cccc2c1C(=O)c1c(O)c3c(c(O)c1C2=O)C[C@@](O)(C(=O)COC1CCCC(COCC(=O)CCCN2C(=O)CC(SC)C2=O)O1)C[C@@H]3O[C@H]1C[C@H]2[C@H](O[C@@H]3[C@@H](OC)OCCN32)[C@H](C)O1.COc1cccc2c1C(=O)c1c(O)c3c(c(O)c1C2=O)C[C@@](O)(C(=O)NCCN1C(=O)CC(SC)C1=O)C[C@@H]3O[C@H]1C[C@H]2[C@H](O[C@@H]3[C@@H](OC)CCCN32)[C@H](C)O1. The number of amides is 5. The van der Waals surface area contributed by atoms with Crippen molar-refractivity contribution < 1.29 is 150 Å². The molecule has 125 heavy (non-hydrogen) atoms. The largest absolute Gasteiger partial charge is 0.507 e. The van der Waals surface area contributed by atoms with Crippen molar-refractivity contribution in [1.82, 2.24) is 24.9 Å². The first-order valence-corrected chi connectivity index (χ1v) is 44.8. The number of ether oxygens (including phenoxy) is 14. The molecule has 674 valence electrons. The molecule has 38 heteroatoms. The predicted octanol–water partition coefficient (Wildman–Crippen LogP) is 4.05. The number of aliphatic hydroxyl groups is 2. The second-order valence-corrected chi connectivity index (χ2v) is 35.8. The van der Waals surface area contributed by atoms with Gasteiger partial charge < -0.3 is 102 Å². The molecule has 9 fully saturated rings. The number of piperidine rings is 1. The minimum Gasteiger partial charge on any atom is -0.507 e. The Balaban J connectivity index is 0.000000188. The molecule has 4 aromatic carbocycles. The number of aromatic hydroxyl groups is 4. The van der Waals surface area contributed by atoms with Gasteiger partial charge in [0.2, 0.25) is 35.2 Å². The molecular weight excluding hydrogens is 1680 g/mol. The number of nitrogens with zero attached hydrogens (tertiary/aromatic N) is 4. The highest BCUT2D eigenvalue weighted by Crippen LogP contribution is 2.56. The Bertz CT molecular complexity index is 4990. The lowest BCUT2D eigenvalue weighted by Crippen LogP contribution is -2.55. The molecule has 0 spiro atoms. The molecule has 0 saturated carbocycles. The van der Waals surface area contributed by atoms with Crippen LogP contribution in [0.2, 0.25) is 0 Å². The molecule has 9 aliphatic heterocycles. The minimum absolute atomic E-state index is 0.0486. The van der Waals surface area contributed by atoms with Crippen LogP contribution in [0.5, 0.6) is 34.5 Å². The fourth-order valence-electron chi connectivity index (χ4n) is 20.2. The summed E-state index contributed by atoms with van der Waals surface area (Å²) in [6.07, 6.45) is -3.06. The number of phenolic OH excluding ortho intramolecular Hbond substituents is 4. The van der Waals surface area contributed by atoms with E-state index in [0.29, 0.717) is 45.3 Å². The standard InChI is InChI=1S/C48H58N2O18S.C39H45N3O13S/c1-23-44-28(49-14-15-63-47(61-3)46(49)68-44)16-35(65-23)67-30-19-48(59,18-27-37(30)43(57)39-38(41(27)55)40(54)26-10-6-11-29(60-2)36(26)42(39)56)32(52)22-64-34-12-5-9-25(66-34)21-62-20-24(51)8-7-13-50-33(53)17-31(69-4)45(50)58;1-17-35-20(41-11-6-9-22(52-3)37(41)55-35)13-26(53-17)54-23-16-39(50,38(49)40-10-12-42-25(43)14-24(56-4)36(42)48)15-19-28(23)34(47)30-29(32(19)45)31(44)18-7-5-8-21(51-2)27(18)33(30)46/h6,10-11,23,25,28,30-31,34-35,44,46-47,55,57,59H,5,7-9,12-22H2,1-4H3;5,7-8,17,20,22-24,26,35,37,45,47,50H,6,9-16H2,1-4H3,(H,40,49)/t23-,25?,28-,30-,31?,34?,35-,44+,46+,47-,48-;17-,20-,22-,23-,24?,26-,35+,37+,39-/m00/s1. The van der Waals surface area contributed by atoms with Gasteiger partial charge in [0.05, 0.1) is 108 Å². The summed E-state index contributed by atoms with van der Waals surface area (Å²) in [6.45, 7) is 4.52. The van der Waals surface area contributed by atoms with E-state index in [1.165, 1.54) is 86.2 Å². The van der Waals surface area contributed by atoms with Crippen LogP contribution < -0.4 is 14.8 Å². The molecular formula is C87H103N5O31S2. The number of rotatable bonds is 26. The van der Waals surface area contributed by atoms with Crippen LogP contribution >= 0.6 is 23.5 Å². The third-order valence-electron chi connectivity index (χ3n) is 26.4. The second kappa shape index (κ2) is 36.6. The Morgan fingerprint density at radius 1 is 0.576 bits per heavy atom. The summed E-state index contributed by atoms with van der Waals surface area (Å²) >= 11 is 2.60. The molecule has 5 amide bonds. The normalized spacial score (nSPS) is 32.2. The van der Waals surface area contributed by atoms with Gasteiger partial charge in [0.25, 0.3) is 5.91 Å². The summed E-state index contributed by atoms with van der Waals surface area (Å²) in [4.78, 5) is 154. The number of benzene rings is 4. The number of thioether (sulfide) groups is 2. The average Bonchev–Trinajstić information content (AvgIpc) is 1.66. The Morgan fingerprint density at radius 3 is 1.64 bits per heavy atom. The summed E-state index contributed by atoms with van der Waals surface area (Å²) in [5, 5.41) is 74.4. The molecule has 0 radical (unpaired) electrons. The van der Waals surface area contributed by atoms with Gasteiger partial charge in [-0.15, -0.1) is 0 Å². The van der Waals surface area contributed by atoms with Gasteiger partial charge >= 0.3 is 0 Å². The van der Waals surface area contributed by atoms with Gasteiger partial charge in [-0.2, -0.15) is 23.5 Å². The van der Waals surface area contributed by atoms with Crippen molar-refractivity contribution in [2.75, 3.05) is 100 Å². The molecule has 9 saturated heterocycles. The first kappa shape index (κ1) is 89.9. The van der Waals surface area contributed by atoms with E-state index in [2.05, 4.69) is 15.1 Å². The van der Waals surface area contributed by atoms with Crippen molar-refractivity contribution in [2.24, 2.45) is 0 Å². The van der Waals surface area contributed by atoms with E-state index in [9.17, 15) is 83.4 Å². The highest BCUT2D eigenvalue weighted by Gasteiger charge is 2.59. The summed E-state index contributed by atoms with van der Waals surface area (Å²) in [7, 11) is 5.88. The number of hydrogen-bond acceptors (Lipinski definition) is 35. The molecule has 13 aliphatic rings. The number of Topliss-reactive ketones (excluding diaryl/α,β-unsaturated/α-hetero) is 2. The molecule has 17 rings (SSSR count). The van der Waals surface area contributed by atoms with Crippen LogP contribution in [0.15, 0.2) is 36.4 Å². The molecule has 9 heterocycles. The van der Waals surface area contributed by atoms with Crippen molar-refractivity contribution in [3.05, 3.63) is 103 Å². The predicted molar refractivity (Wildman–Crippen MR) is 435 cm³/mol. The van der Waals surface area contributed by atoms with Crippen LogP contribution in [-0.4, -0.2) is 323 Å². The van der Waals surface area contributed by atoms with Gasteiger partial charge in [-0.25, -0.2) is 0 Å². The molecule has 20 atom stereocenters. The molecule has 7 N–H and O–H groups in total. The van der Waals surface area contributed by atoms with E-state index in [4.69, 9.17) is 66.3 Å². The van der Waals surface area contributed by atoms with E-state index in [-0.39, 0.29) is 186 Å². The monoisotopic (exact) mass is 1780 g/mol. The number of phenols is 4. The lowest BCUT2D eigenvalue weighted by molar-refractivity contribution is -0.256. The fraction of sp³-hybridized carbons (Fsp3) is 0.598. The summed E-state index contributed by atoms with van der Waals surface area (Å²) in [5.41, 5.74) is -7.15. The van der Waals surface area contributed by atoms with Gasteiger partial charge in [0.1, 0.15) is 77.3 Å². The minimum atomic E-state index is -2.29. The summed E-state index contributed by atoms with van der Waals surface area (Å²) in [5.74, 6) is -8.56. The van der Waals surface area contributed by atoms with Crippen LogP contribution in [0.3, 0.4) is 0 Å². The molecule has 4 aromatic rings. The number of methoxy groups -OCH3 is 4. The lowest BCUT2D eigenvalue weighted by atomic mass is 9.72. The van der Waals surface area contributed by atoms with E-state index >= 15 is 0 Å². The average molecular weight is 1780 g/mol. The van der Waals surface area contributed by atoms with Crippen LogP contribution in [-0.2, 0) is 103 Å². The molecule has 4 aliphatic carbocycles. The topological polar surface area (TPSA) is 463 Å². The molecule has 36 nitrogen and oxygen atoms in total. The lowest BCUT2D eigenvalue weighted by Gasteiger charge is -2.43. The van der Waals surface area contributed by atoms with E-state index < -0.39 is 191 Å². The summed E-state index contributed by atoms with van der Waals surface area (Å²) < 4.78 is 84.2. The van der Waals surface area contributed by atoms with Crippen molar-refractivity contribution in [3.63, 3.8) is 0 Å². The van der Waals surface area contributed by atoms with Gasteiger partial charge in [-0.05, 0) is 77.0 Å². The van der Waals surface area contributed by atoms with Crippen molar-refractivity contribution in [3.8, 4) is 34.5 Å². The van der Waals surface area contributed by atoms with Crippen LogP contribution in [0, 0.1) is 0 Å². The molecule has 0 aromatic heterocycles. The third-order valence-corrected chi connectivity index (χ3v) is 28.3. The quantitative estimate of drug-likeness (QED) is 0.0297. The number of fused-ring (bicyclic) bond motifs is 12. The number of morpholine rings is 1. The number of hydrogen-bond donors (Lipinski definition) is 7. The van der Waals surface area contributed by atoms with Gasteiger partial charge in [-0.1, -0.05) is 24.3 Å². The first-order valence-electron chi connectivity index (χ1n) is 42.2. The Labute approximate surface area is 726 Å². The van der Waals surface area contributed by atoms with Crippen molar-refractivity contribution in [1.29, 1.82) is 0 Å². The van der Waals surface area contributed by atoms with Crippen LogP contribution in [0.25, 0.3) is 0 Å². The van der Waals surface area contributed by atoms with E-state index in [1.54, 1.807) is 19.6 Å². The highest BCUT2D eigenvalue weighted by molar-refractivity contribution is 8.00. The van der Waals surface area contributed by atoms with Crippen LogP contribution in [0.1, 0.15) is 195 Å². The number of imide groups is 2. The number of carbonyl (C=O) groups excluding carboxylic acids is 11. The number of likely N-dealkylation sites (tertiary alicyclic amines) is 2. The Hall–Kier alpha value is -8.49. The fourth-order valence-corrected chi connectivity index (χ4v) is 21.5. The number of carbonyl (C=O) groups is 11. The highest BCUT2D eigenvalue weighted by atomic mass is 32.2. The van der Waals surface area contributed by atoms with Crippen LogP contribution in [0.4, 0.5) is 0 Å². The molecule has 4 unspecified atom stereocenters. The second-order valence-electron chi connectivity index (χ2n) is 33.7. The third kappa shape index (κ3) is 16.5. The zero-order valence-electron chi connectivity index (χ0n) is 70.3. The maximum absolute atomic E-state index is 14.3. The Morgan fingerprint density at radius 2 is 1.10 bits per heavy atom. The van der Waals surface area contributed by atoms with Crippen molar-refractivity contribution in [2.45, 2.75) is 230 Å². The maximum atomic E-state index is 14.3. The smallest absolute Gasteiger partial charge is 0.252 e. The van der Waals surface area contributed by atoms with E-state index in [0.717, 1.165) is 24.3 Å². The molecule has 0 bridgehead atoms. The van der Waals surface area contributed by atoms with Gasteiger partial charge in [0.15, 0.2) is 54.5 Å². The zero-order chi connectivity index (χ0) is 88.7. The van der Waals surface area contributed by atoms with Gasteiger partial charge in [-0.3, -0.25) is 72.3 Å². The number of nitrogens with one attached hydrogen (secondary N) is 1. The first-order chi connectivity index (χ1) is 60.0. The zero-order valence-corrected chi connectivity index (χ0v) is 72.0.